The second-order valence-electron chi connectivity index (χ2n) is 8.68. The number of nitrogens with zero attached hydrogens (tertiary/aromatic N) is 2. The Morgan fingerprint density at radius 2 is 1.69 bits per heavy atom. The standard InChI is InChI=1S/C24H21IN2O2/c25-16-11-21-18-4-1-3-15(18)13-26-23(14-7-9-17(10-8-14)27(28)29)20-6-2-5-19(20)22(12-16)24(21)26/h1-2,4-5,7-12,15,18-20,23H,3,6,13H2/t15-,18+,19-,20+,23+/m0/s1. The van der Waals surface area contributed by atoms with E-state index in [1.165, 1.54) is 25.9 Å². The number of rotatable bonds is 2. The van der Waals surface area contributed by atoms with Crippen LogP contribution in [0.4, 0.5) is 11.4 Å². The van der Waals surface area contributed by atoms with Crippen molar-refractivity contribution in [3.8, 4) is 0 Å². The Bertz CT molecular complexity index is 1060. The van der Waals surface area contributed by atoms with Gasteiger partial charge in [-0.1, -0.05) is 36.4 Å². The predicted molar refractivity (Wildman–Crippen MR) is 122 cm³/mol. The third kappa shape index (κ3) is 2.56. The Hall–Kier alpha value is -2.15. The van der Waals surface area contributed by atoms with E-state index in [0.717, 1.165) is 19.4 Å². The predicted octanol–water partition coefficient (Wildman–Crippen LogP) is 6.09. The van der Waals surface area contributed by atoms with Crippen LogP contribution in [-0.4, -0.2) is 11.5 Å². The average Bonchev–Trinajstić information content (AvgIpc) is 3.37. The number of allylic oxidation sites excluding steroid dienone is 4. The number of nitro groups is 1. The summed E-state index contributed by atoms with van der Waals surface area (Å²) in [5, 5.41) is 11.1. The quantitative estimate of drug-likeness (QED) is 0.219. The molecule has 2 aliphatic heterocycles. The largest absolute Gasteiger partial charge is 0.363 e. The average molecular weight is 496 g/mol. The molecule has 0 spiro atoms. The summed E-state index contributed by atoms with van der Waals surface area (Å²) in [5.41, 5.74) is 5.74. The van der Waals surface area contributed by atoms with Crippen LogP contribution in [0.3, 0.4) is 0 Å². The van der Waals surface area contributed by atoms with Crippen molar-refractivity contribution >= 4 is 34.0 Å². The van der Waals surface area contributed by atoms with E-state index >= 15 is 0 Å². The maximum atomic E-state index is 11.1. The molecule has 29 heavy (non-hydrogen) atoms. The summed E-state index contributed by atoms with van der Waals surface area (Å²) in [7, 11) is 0. The molecule has 5 heteroatoms. The fourth-order valence-electron chi connectivity index (χ4n) is 6.11. The first-order valence-corrected chi connectivity index (χ1v) is 11.4. The zero-order chi connectivity index (χ0) is 19.7. The number of halogens is 1. The van der Waals surface area contributed by atoms with Crippen LogP contribution >= 0.6 is 22.6 Å². The van der Waals surface area contributed by atoms with Gasteiger partial charge in [-0.3, -0.25) is 10.1 Å². The molecule has 0 saturated carbocycles. The van der Waals surface area contributed by atoms with E-state index in [0.29, 0.717) is 23.7 Å². The molecule has 4 nitrogen and oxygen atoms in total. The Balaban J connectivity index is 1.54. The smallest absolute Gasteiger partial charge is 0.269 e. The fraction of sp³-hybridized carbons (Fsp3) is 0.333. The molecule has 4 aliphatic rings. The lowest BCUT2D eigenvalue weighted by Gasteiger charge is -2.51. The molecule has 0 aromatic heterocycles. The summed E-state index contributed by atoms with van der Waals surface area (Å²) < 4.78 is 1.32. The first kappa shape index (κ1) is 17.7. The summed E-state index contributed by atoms with van der Waals surface area (Å²) in [6.07, 6.45) is 11.7. The van der Waals surface area contributed by atoms with Crippen LogP contribution in [-0.2, 0) is 0 Å². The zero-order valence-electron chi connectivity index (χ0n) is 15.9. The lowest BCUT2D eigenvalue weighted by molar-refractivity contribution is -0.384. The summed E-state index contributed by atoms with van der Waals surface area (Å²) in [6.45, 7) is 1.06. The van der Waals surface area contributed by atoms with Crippen LogP contribution in [0.1, 0.15) is 47.4 Å². The van der Waals surface area contributed by atoms with Crippen molar-refractivity contribution in [1.29, 1.82) is 0 Å². The van der Waals surface area contributed by atoms with E-state index in [9.17, 15) is 10.1 Å². The highest BCUT2D eigenvalue weighted by Crippen LogP contribution is 2.58. The highest BCUT2D eigenvalue weighted by molar-refractivity contribution is 14.1. The number of nitro benzene ring substituents is 1. The molecule has 0 amide bonds. The van der Waals surface area contributed by atoms with Gasteiger partial charge in [-0.25, -0.2) is 0 Å². The van der Waals surface area contributed by atoms with E-state index < -0.39 is 0 Å². The normalized spacial score (nSPS) is 30.8. The van der Waals surface area contributed by atoms with Gasteiger partial charge in [0.1, 0.15) is 0 Å². The van der Waals surface area contributed by atoms with Crippen molar-refractivity contribution in [2.45, 2.75) is 30.7 Å². The summed E-state index contributed by atoms with van der Waals surface area (Å²) in [6, 6.07) is 12.3. The molecule has 5 atom stereocenters. The Labute approximate surface area is 183 Å². The minimum atomic E-state index is -0.310. The van der Waals surface area contributed by atoms with Gasteiger partial charge >= 0.3 is 0 Å². The number of hydrogen-bond donors (Lipinski definition) is 0. The first-order chi connectivity index (χ1) is 14.1. The van der Waals surface area contributed by atoms with Gasteiger partial charge in [-0.2, -0.15) is 0 Å². The number of hydrogen-bond acceptors (Lipinski definition) is 3. The summed E-state index contributed by atoms with van der Waals surface area (Å²) in [4.78, 5) is 13.5. The van der Waals surface area contributed by atoms with Crippen molar-refractivity contribution in [3.63, 3.8) is 0 Å². The number of fused-ring (bicyclic) bond motifs is 4. The fourth-order valence-corrected chi connectivity index (χ4v) is 6.78. The Morgan fingerprint density at radius 3 is 2.45 bits per heavy atom. The van der Waals surface area contributed by atoms with Crippen molar-refractivity contribution < 1.29 is 4.92 Å². The molecule has 2 aromatic rings. The van der Waals surface area contributed by atoms with Gasteiger partial charge < -0.3 is 4.90 Å². The zero-order valence-corrected chi connectivity index (χ0v) is 18.0. The van der Waals surface area contributed by atoms with Gasteiger partial charge in [0.2, 0.25) is 0 Å². The van der Waals surface area contributed by atoms with E-state index in [2.05, 4.69) is 63.9 Å². The topological polar surface area (TPSA) is 46.4 Å². The second kappa shape index (κ2) is 6.42. The molecule has 0 unspecified atom stereocenters. The van der Waals surface area contributed by atoms with Crippen molar-refractivity contribution in [1.82, 2.24) is 0 Å². The van der Waals surface area contributed by atoms with Gasteiger partial charge in [0.25, 0.3) is 5.69 Å². The lowest BCUT2D eigenvalue weighted by atomic mass is 9.71. The molecule has 2 heterocycles. The van der Waals surface area contributed by atoms with Crippen LogP contribution in [0.15, 0.2) is 60.7 Å². The second-order valence-corrected chi connectivity index (χ2v) is 9.93. The number of non-ortho nitro benzene ring substituents is 1. The molecule has 0 saturated heterocycles. The molecular weight excluding hydrogens is 475 g/mol. The minimum Gasteiger partial charge on any atom is -0.363 e. The SMILES string of the molecule is O=[N+]([O-])c1ccc([C@@H]2[C@@H]3CC=C[C@@H]3c3cc(I)cc4c3N2C[C@@H]2CC=C[C@@H]42)cc1. The molecular formula is C24H21IN2O2. The monoisotopic (exact) mass is 496 g/mol. The molecule has 0 N–H and O–H groups in total. The molecule has 0 bridgehead atoms. The first-order valence-electron chi connectivity index (χ1n) is 10.3. The summed E-state index contributed by atoms with van der Waals surface area (Å²) in [5.74, 6) is 2.06. The number of benzene rings is 2. The van der Waals surface area contributed by atoms with Crippen molar-refractivity contribution in [3.05, 3.63) is 91.1 Å². The van der Waals surface area contributed by atoms with Crippen molar-refractivity contribution in [2.75, 3.05) is 11.4 Å². The van der Waals surface area contributed by atoms with Gasteiger partial charge in [-0.15, -0.1) is 0 Å². The highest BCUT2D eigenvalue weighted by Gasteiger charge is 2.47. The Kier molecular flexibility index (Phi) is 3.92. The van der Waals surface area contributed by atoms with Crippen LogP contribution in [0, 0.1) is 25.5 Å². The van der Waals surface area contributed by atoms with Gasteiger partial charge in [-0.05, 0) is 76.1 Å². The van der Waals surface area contributed by atoms with E-state index in [4.69, 9.17) is 0 Å². The van der Waals surface area contributed by atoms with E-state index in [1.54, 1.807) is 12.1 Å². The maximum absolute atomic E-state index is 11.1. The van der Waals surface area contributed by atoms with E-state index in [1.807, 2.05) is 12.1 Å². The minimum absolute atomic E-state index is 0.167. The molecule has 0 radical (unpaired) electrons. The molecule has 2 aromatic carbocycles. The number of anilines is 1. The van der Waals surface area contributed by atoms with Crippen molar-refractivity contribution in [2.24, 2.45) is 11.8 Å². The van der Waals surface area contributed by atoms with Crippen LogP contribution in [0.2, 0.25) is 0 Å². The van der Waals surface area contributed by atoms with Gasteiger partial charge in [0, 0.05) is 39.8 Å². The summed E-state index contributed by atoms with van der Waals surface area (Å²) >= 11 is 2.47. The molecule has 6 rings (SSSR count). The van der Waals surface area contributed by atoms with Gasteiger partial charge in [0.15, 0.2) is 0 Å². The maximum Gasteiger partial charge on any atom is 0.269 e. The van der Waals surface area contributed by atoms with Crippen LogP contribution < -0.4 is 4.90 Å². The third-order valence-electron chi connectivity index (χ3n) is 7.26. The lowest BCUT2D eigenvalue weighted by Crippen LogP contribution is -2.46. The Morgan fingerprint density at radius 1 is 1.00 bits per heavy atom. The highest BCUT2D eigenvalue weighted by atomic mass is 127. The molecule has 0 fully saturated rings. The molecule has 146 valence electrons. The van der Waals surface area contributed by atoms with Crippen LogP contribution in [0.5, 0.6) is 0 Å². The van der Waals surface area contributed by atoms with Crippen LogP contribution in [0.25, 0.3) is 0 Å². The van der Waals surface area contributed by atoms with E-state index in [-0.39, 0.29) is 16.7 Å². The van der Waals surface area contributed by atoms with Gasteiger partial charge in [0.05, 0.1) is 11.0 Å². The third-order valence-corrected chi connectivity index (χ3v) is 7.88. The molecule has 2 aliphatic carbocycles.